The van der Waals surface area contributed by atoms with E-state index in [0.29, 0.717) is 12.2 Å². The van der Waals surface area contributed by atoms with E-state index >= 15 is 0 Å². The van der Waals surface area contributed by atoms with Crippen molar-refractivity contribution in [3.05, 3.63) is 28.2 Å². The molecule has 5 nitrogen and oxygen atoms in total. The van der Waals surface area contributed by atoms with Gasteiger partial charge in [0.15, 0.2) is 6.61 Å². The second kappa shape index (κ2) is 7.13. The molecule has 0 radical (unpaired) electrons. The molecule has 1 rings (SSSR count). The van der Waals surface area contributed by atoms with Crippen LogP contribution in [0, 0.1) is 6.92 Å². The third kappa shape index (κ3) is 4.90. The lowest BCUT2D eigenvalue weighted by molar-refractivity contribution is -0.142. The van der Waals surface area contributed by atoms with Gasteiger partial charge in [0.25, 0.3) is 5.91 Å². The van der Waals surface area contributed by atoms with E-state index in [1.54, 1.807) is 13.0 Å². The summed E-state index contributed by atoms with van der Waals surface area (Å²) in [6.45, 7) is 3.42. The number of nitrogens with one attached hydrogen (secondary N) is 1. The Morgan fingerprint density at radius 2 is 2.16 bits per heavy atom. The van der Waals surface area contributed by atoms with Crippen LogP contribution in [-0.2, 0) is 9.59 Å². The fourth-order valence-electron chi connectivity index (χ4n) is 1.44. The lowest BCUT2D eigenvalue weighted by Crippen LogP contribution is -2.42. The van der Waals surface area contributed by atoms with E-state index in [4.69, 9.17) is 9.84 Å². The molecule has 0 aliphatic heterocycles. The molecule has 0 spiro atoms. The summed E-state index contributed by atoms with van der Waals surface area (Å²) in [6, 6.07) is 4.61. The number of hydrogen-bond donors (Lipinski definition) is 2. The van der Waals surface area contributed by atoms with Gasteiger partial charge in [-0.2, -0.15) is 0 Å². The van der Waals surface area contributed by atoms with Gasteiger partial charge >= 0.3 is 5.97 Å². The summed E-state index contributed by atoms with van der Waals surface area (Å²) >= 11 is 3.33. The number of amides is 1. The van der Waals surface area contributed by atoms with Crippen molar-refractivity contribution in [3.63, 3.8) is 0 Å². The number of hydrogen-bond acceptors (Lipinski definition) is 3. The Bertz CT molecular complexity index is 476. The molecule has 6 heteroatoms. The van der Waals surface area contributed by atoms with Crippen LogP contribution in [0.2, 0.25) is 0 Å². The minimum absolute atomic E-state index is 0.217. The number of carboxylic acid groups (broad SMARTS) is 1. The van der Waals surface area contributed by atoms with E-state index in [1.807, 2.05) is 19.1 Å². The number of halogens is 1. The van der Waals surface area contributed by atoms with Crippen molar-refractivity contribution in [2.75, 3.05) is 6.61 Å². The SMILES string of the molecule is CCC(NC(=O)COc1ccc(C)cc1Br)C(=O)O. The van der Waals surface area contributed by atoms with Crippen molar-refractivity contribution in [3.8, 4) is 5.75 Å². The predicted molar refractivity (Wildman–Crippen MR) is 74.2 cm³/mol. The van der Waals surface area contributed by atoms with E-state index in [-0.39, 0.29) is 6.61 Å². The van der Waals surface area contributed by atoms with Gasteiger partial charge in [0.1, 0.15) is 11.8 Å². The molecule has 1 amide bonds. The Morgan fingerprint density at radius 3 is 2.68 bits per heavy atom. The van der Waals surface area contributed by atoms with Gasteiger partial charge in [0, 0.05) is 0 Å². The van der Waals surface area contributed by atoms with Crippen molar-refractivity contribution in [2.24, 2.45) is 0 Å². The smallest absolute Gasteiger partial charge is 0.326 e. The molecule has 104 valence electrons. The number of aliphatic carboxylic acids is 1. The molecule has 0 aromatic heterocycles. The molecular weight excluding hydrogens is 314 g/mol. The zero-order chi connectivity index (χ0) is 14.4. The Hall–Kier alpha value is -1.56. The van der Waals surface area contributed by atoms with E-state index in [2.05, 4.69) is 21.2 Å². The molecule has 1 atom stereocenters. The van der Waals surface area contributed by atoms with Crippen LogP contribution in [0.1, 0.15) is 18.9 Å². The second-order valence-electron chi connectivity index (χ2n) is 4.09. The van der Waals surface area contributed by atoms with Gasteiger partial charge < -0.3 is 15.2 Å². The van der Waals surface area contributed by atoms with E-state index in [9.17, 15) is 9.59 Å². The third-order valence-corrected chi connectivity index (χ3v) is 3.11. The van der Waals surface area contributed by atoms with Crippen molar-refractivity contribution in [1.82, 2.24) is 5.32 Å². The fraction of sp³-hybridized carbons (Fsp3) is 0.385. The highest BCUT2D eigenvalue weighted by atomic mass is 79.9. The molecule has 0 bridgehead atoms. The molecule has 0 saturated heterocycles. The summed E-state index contributed by atoms with van der Waals surface area (Å²) in [4.78, 5) is 22.3. The molecule has 1 aromatic carbocycles. The topological polar surface area (TPSA) is 75.6 Å². The van der Waals surface area contributed by atoms with E-state index in [0.717, 1.165) is 10.0 Å². The lowest BCUT2D eigenvalue weighted by atomic mass is 10.2. The van der Waals surface area contributed by atoms with Crippen LogP contribution in [0.4, 0.5) is 0 Å². The monoisotopic (exact) mass is 329 g/mol. The Kier molecular flexibility index (Phi) is 5.82. The zero-order valence-corrected chi connectivity index (χ0v) is 12.4. The van der Waals surface area contributed by atoms with Crippen molar-refractivity contribution >= 4 is 27.8 Å². The molecule has 1 aromatic rings. The quantitative estimate of drug-likeness (QED) is 0.838. The minimum atomic E-state index is -1.05. The van der Waals surface area contributed by atoms with Gasteiger partial charge in [0.05, 0.1) is 4.47 Å². The normalized spacial score (nSPS) is 11.7. The summed E-state index contributed by atoms with van der Waals surface area (Å²) in [5, 5.41) is 11.2. The number of carboxylic acids is 1. The molecule has 0 heterocycles. The fourth-order valence-corrected chi connectivity index (χ4v) is 2.05. The molecule has 0 aliphatic rings. The Balaban J connectivity index is 2.52. The number of benzene rings is 1. The summed E-state index contributed by atoms with van der Waals surface area (Å²) in [6.07, 6.45) is 0.329. The average molecular weight is 330 g/mol. The molecule has 0 aliphatic carbocycles. The van der Waals surface area contributed by atoms with Crippen LogP contribution in [0.3, 0.4) is 0 Å². The first-order valence-corrected chi connectivity index (χ1v) is 6.64. The predicted octanol–water partition coefficient (Wildman–Crippen LogP) is 2.12. The summed E-state index contributed by atoms with van der Waals surface area (Å²) in [5.41, 5.74) is 1.07. The maximum absolute atomic E-state index is 11.6. The van der Waals surface area contributed by atoms with Gasteiger partial charge in [-0.05, 0) is 47.0 Å². The van der Waals surface area contributed by atoms with Crippen molar-refractivity contribution < 1.29 is 19.4 Å². The van der Waals surface area contributed by atoms with Gasteiger partial charge in [-0.15, -0.1) is 0 Å². The Labute approximate surface area is 120 Å². The number of aryl methyl sites for hydroxylation is 1. The number of carbonyl (C=O) groups is 2. The average Bonchev–Trinajstić information content (AvgIpc) is 2.34. The first-order valence-electron chi connectivity index (χ1n) is 5.85. The largest absolute Gasteiger partial charge is 0.483 e. The summed E-state index contributed by atoms with van der Waals surface area (Å²) < 4.78 is 6.08. The van der Waals surface area contributed by atoms with Crippen LogP contribution in [0.5, 0.6) is 5.75 Å². The first-order chi connectivity index (χ1) is 8.93. The van der Waals surface area contributed by atoms with Crippen LogP contribution >= 0.6 is 15.9 Å². The van der Waals surface area contributed by atoms with Crippen LogP contribution in [-0.4, -0.2) is 29.6 Å². The van der Waals surface area contributed by atoms with Crippen molar-refractivity contribution in [1.29, 1.82) is 0 Å². The third-order valence-electron chi connectivity index (χ3n) is 2.49. The van der Waals surface area contributed by atoms with Gasteiger partial charge in [0.2, 0.25) is 0 Å². The van der Waals surface area contributed by atoms with Crippen LogP contribution in [0.15, 0.2) is 22.7 Å². The maximum atomic E-state index is 11.6. The van der Waals surface area contributed by atoms with Gasteiger partial charge in [-0.1, -0.05) is 13.0 Å². The minimum Gasteiger partial charge on any atom is -0.483 e. The molecule has 2 N–H and O–H groups in total. The zero-order valence-electron chi connectivity index (χ0n) is 10.8. The number of carbonyl (C=O) groups excluding carboxylic acids is 1. The summed E-state index contributed by atoms with van der Waals surface area (Å²) in [7, 11) is 0. The number of rotatable bonds is 6. The van der Waals surface area contributed by atoms with Gasteiger partial charge in [-0.3, -0.25) is 4.79 Å². The molecule has 1 unspecified atom stereocenters. The van der Waals surface area contributed by atoms with Crippen LogP contribution in [0.25, 0.3) is 0 Å². The second-order valence-corrected chi connectivity index (χ2v) is 4.94. The standard InChI is InChI=1S/C13H16BrNO4/c1-3-10(13(17)18)15-12(16)7-19-11-5-4-8(2)6-9(11)14/h4-6,10H,3,7H2,1-2H3,(H,15,16)(H,17,18). The van der Waals surface area contributed by atoms with Gasteiger partial charge in [-0.25, -0.2) is 4.79 Å². The Morgan fingerprint density at radius 1 is 1.47 bits per heavy atom. The molecule has 0 saturated carbocycles. The highest BCUT2D eigenvalue weighted by molar-refractivity contribution is 9.10. The van der Waals surface area contributed by atoms with E-state index < -0.39 is 17.9 Å². The molecule has 0 fully saturated rings. The highest BCUT2D eigenvalue weighted by Gasteiger charge is 2.17. The van der Waals surface area contributed by atoms with Crippen molar-refractivity contribution in [2.45, 2.75) is 26.3 Å². The summed E-state index contributed by atoms with van der Waals surface area (Å²) in [5.74, 6) is -0.960. The number of ether oxygens (including phenoxy) is 1. The van der Waals surface area contributed by atoms with E-state index in [1.165, 1.54) is 0 Å². The molecule has 19 heavy (non-hydrogen) atoms. The molecular formula is C13H16BrNO4. The lowest BCUT2D eigenvalue weighted by Gasteiger charge is -2.13. The highest BCUT2D eigenvalue weighted by Crippen LogP contribution is 2.25. The maximum Gasteiger partial charge on any atom is 0.326 e. The van der Waals surface area contributed by atoms with Crippen LogP contribution < -0.4 is 10.1 Å². The first kappa shape index (κ1) is 15.5.